The summed E-state index contributed by atoms with van der Waals surface area (Å²) in [5.74, 6) is -1.60. The molecule has 1 fully saturated rings. The first-order valence-electron chi connectivity index (χ1n) is 10.0. The summed E-state index contributed by atoms with van der Waals surface area (Å²) < 4.78 is 5.16. The summed E-state index contributed by atoms with van der Waals surface area (Å²) in [5.41, 5.74) is 7.22. The van der Waals surface area contributed by atoms with Crippen molar-refractivity contribution in [1.82, 2.24) is 15.8 Å². The highest BCUT2D eigenvalue weighted by Crippen LogP contribution is 2.35. The molecule has 1 heterocycles. The quantitative estimate of drug-likeness (QED) is 0.478. The lowest BCUT2D eigenvalue weighted by Crippen LogP contribution is -2.49. The molecule has 9 nitrogen and oxygen atoms in total. The van der Waals surface area contributed by atoms with Gasteiger partial charge in [-0.25, -0.2) is 4.79 Å². The molecule has 166 valence electrons. The van der Waals surface area contributed by atoms with Gasteiger partial charge in [-0.15, -0.1) is 0 Å². The van der Waals surface area contributed by atoms with Gasteiger partial charge in [-0.1, -0.05) is 60.7 Å². The Labute approximate surface area is 189 Å². The molecule has 0 saturated carbocycles. The Morgan fingerprint density at radius 2 is 1.42 bits per heavy atom. The molecule has 9 heteroatoms. The van der Waals surface area contributed by atoms with Crippen LogP contribution in [0, 0.1) is 0 Å². The van der Waals surface area contributed by atoms with Crippen LogP contribution < -0.4 is 21.2 Å². The van der Waals surface area contributed by atoms with Crippen LogP contribution >= 0.6 is 0 Å². The lowest BCUT2D eigenvalue weighted by molar-refractivity contribution is -0.131. The number of amides is 5. The molecule has 0 unspecified atom stereocenters. The molecule has 3 aromatic carbocycles. The van der Waals surface area contributed by atoms with Gasteiger partial charge in [0.15, 0.2) is 12.1 Å². The molecule has 3 aromatic rings. The Hall–Kier alpha value is -4.66. The SMILES string of the molecule is NC(=O)COc1ccc(C(=O)NN2C(=O)NC(c3ccccc3)(c3ccccc3)C2=O)cc1. The molecule has 5 amide bonds. The molecular formula is C24H20N4O5. The number of hydrogen-bond acceptors (Lipinski definition) is 5. The molecule has 0 spiro atoms. The summed E-state index contributed by atoms with van der Waals surface area (Å²) in [6, 6.07) is 22.7. The Morgan fingerprint density at radius 3 is 1.94 bits per heavy atom. The smallest absolute Gasteiger partial charge is 0.344 e. The molecule has 1 aliphatic rings. The molecule has 4 rings (SSSR count). The van der Waals surface area contributed by atoms with E-state index in [-0.39, 0.29) is 12.2 Å². The van der Waals surface area contributed by atoms with E-state index in [2.05, 4.69) is 10.7 Å². The number of nitrogens with two attached hydrogens (primary N) is 1. The van der Waals surface area contributed by atoms with E-state index in [9.17, 15) is 19.2 Å². The minimum absolute atomic E-state index is 0.180. The summed E-state index contributed by atoms with van der Waals surface area (Å²) in [7, 11) is 0. The van der Waals surface area contributed by atoms with Crippen LogP contribution in [-0.4, -0.2) is 35.4 Å². The third-order valence-electron chi connectivity index (χ3n) is 5.15. The van der Waals surface area contributed by atoms with Gasteiger partial charge >= 0.3 is 6.03 Å². The molecule has 0 radical (unpaired) electrons. The molecule has 0 atom stereocenters. The number of hydrazine groups is 1. The number of carbonyl (C=O) groups is 4. The van der Waals surface area contributed by atoms with Crippen LogP contribution in [0.15, 0.2) is 84.9 Å². The fraction of sp³-hybridized carbons (Fsp3) is 0.0833. The zero-order valence-electron chi connectivity index (χ0n) is 17.4. The van der Waals surface area contributed by atoms with Crippen molar-refractivity contribution < 1.29 is 23.9 Å². The van der Waals surface area contributed by atoms with Gasteiger partial charge in [-0.3, -0.25) is 19.8 Å². The summed E-state index contributed by atoms with van der Waals surface area (Å²) in [5, 5.41) is 3.43. The number of benzene rings is 3. The summed E-state index contributed by atoms with van der Waals surface area (Å²) in [4.78, 5) is 50.0. The van der Waals surface area contributed by atoms with Gasteiger partial charge in [0.2, 0.25) is 0 Å². The number of ether oxygens (including phenoxy) is 1. The van der Waals surface area contributed by atoms with Crippen LogP contribution in [0.25, 0.3) is 0 Å². The van der Waals surface area contributed by atoms with Gasteiger partial charge in [0.1, 0.15) is 5.75 Å². The standard InChI is InChI=1S/C24H20N4O5/c25-20(29)15-33-19-13-11-16(12-14-19)21(30)27-28-22(31)24(26-23(28)32,17-7-3-1-4-8-17)18-9-5-2-6-10-18/h1-14H,15H2,(H2,25,29)(H,26,32)(H,27,30). The highest BCUT2D eigenvalue weighted by atomic mass is 16.5. The molecular weight excluding hydrogens is 424 g/mol. The zero-order chi connectivity index (χ0) is 23.4. The van der Waals surface area contributed by atoms with Gasteiger partial charge in [0.25, 0.3) is 17.7 Å². The zero-order valence-corrected chi connectivity index (χ0v) is 17.4. The number of hydrogen-bond donors (Lipinski definition) is 3. The number of nitrogens with one attached hydrogen (secondary N) is 2. The maximum absolute atomic E-state index is 13.6. The Balaban J connectivity index is 1.59. The largest absolute Gasteiger partial charge is 0.484 e. The minimum Gasteiger partial charge on any atom is -0.484 e. The fourth-order valence-corrected chi connectivity index (χ4v) is 3.59. The van der Waals surface area contributed by atoms with Gasteiger partial charge in [-0.2, -0.15) is 5.01 Å². The van der Waals surface area contributed by atoms with Crippen molar-refractivity contribution in [1.29, 1.82) is 0 Å². The molecule has 0 bridgehead atoms. The average Bonchev–Trinajstić information content (AvgIpc) is 3.09. The van der Waals surface area contributed by atoms with Crippen LogP contribution in [0.1, 0.15) is 21.5 Å². The normalized spacial score (nSPS) is 14.5. The Morgan fingerprint density at radius 1 is 0.879 bits per heavy atom. The molecule has 1 saturated heterocycles. The van der Waals surface area contributed by atoms with E-state index in [1.165, 1.54) is 24.3 Å². The Bertz CT molecular complexity index is 1160. The number of nitrogens with zero attached hydrogens (tertiary/aromatic N) is 1. The second-order valence-corrected chi connectivity index (χ2v) is 7.27. The van der Waals surface area contributed by atoms with E-state index in [1.54, 1.807) is 60.7 Å². The maximum Gasteiger partial charge on any atom is 0.344 e. The molecule has 0 aromatic heterocycles. The van der Waals surface area contributed by atoms with E-state index in [4.69, 9.17) is 10.5 Å². The lowest BCUT2D eigenvalue weighted by atomic mass is 9.83. The highest BCUT2D eigenvalue weighted by molar-refractivity contribution is 6.11. The van der Waals surface area contributed by atoms with E-state index < -0.39 is 29.3 Å². The van der Waals surface area contributed by atoms with Crippen LogP contribution in [0.3, 0.4) is 0 Å². The summed E-state index contributed by atoms with van der Waals surface area (Å²) in [6.45, 7) is -0.297. The highest BCUT2D eigenvalue weighted by Gasteiger charge is 2.54. The molecule has 1 aliphatic heterocycles. The van der Waals surface area contributed by atoms with Gasteiger partial charge < -0.3 is 15.8 Å². The van der Waals surface area contributed by atoms with E-state index in [0.29, 0.717) is 21.9 Å². The predicted octanol–water partition coefficient (Wildman–Crippen LogP) is 1.69. The number of rotatable bonds is 7. The van der Waals surface area contributed by atoms with Crippen molar-refractivity contribution in [2.75, 3.05) is 6.61 Å². The second-order valence-electron chi connectivity index (χ2n) is 7.27. The van der Waals surface area contributed by atoms with Crippen molar-refractivity contribution in [3.05, 3.63) is 102 Å². The Kier molecular flexibility index (Phi) is 5.77. The van der Waals surface area contributed by atoms with Gasteiger partial charge in [0, 0.05) is 5.56 Å². The number of imide groups is 1. The summed E-state index contributed by atoms with van der Waals surface area (Å²) in [6.07, 6.45) is 0. The first-order valence-corrected chi connectivity index (χ1v) is 10.0. The van der Waals surface area contributed by atoms with E-state index in [1.807, 2.05) is 0 Å². The predicted molar refractivity (Wildman–Crippen MR) is 118 cm³/mol. The van der Waals surface area contributed by atoms with Crippen molar-refractivity contribution in [2.24, 2.45) is 5.73 Å². The second kappa shape index (κ2) is 8.83. The average molecular weight is 444 g/mol. The van der Waals surface area contributed by atoms with Crippen LogP contribution in [0.4, 0.5) is 4.79 Å². The van der Waals surface area contributed by atoms with Crippen LogP contribution in [-0.2, 0) is 15.1 Å². The third kappa shape index (κ3) is 4.11. The number of primary amides is 1. The number of urea groups is 1. The van der Waals surface area contributed by atoms with Crippen molar-refractivity contribution in [3.63, 3.8) is 0 Å². The fourth-order valence-electron chi connectivity index (χ4n) is 3.59. The molecule has 4 N–H and O–H groups in total. The van der Waals surface area contributed by atoms with Gasteiger partial charge in [0.05, 0.1) is 0 Å². The molecule has 33 heavy (non-hydrogen) atoms. The van der Waals surface area contributed by atoms with Crippen molar-refractivity contribution >= 4 is 23.8 Å². The van der Waals surface area contributed by atoms with Crippen molar-refractivity contribution in [3.8, 4) is 5.75 Å². The summed E-state index contributed by atoms with van der Waals surface area (Å²) >= 11 is 0. The topological polar surface area (TPSA) is 131 Å². The third-order valence-corrected chi connectivity index (χ3v) is 5.15. The van der Waals surface area contributed by atoms with E-state index >= 15 is 0 Å². The van der Waals surface area contributed by atoms with Gasteiger partial charge in [-0.05, 0) is 35.4 Å². The van der Waals surface area contributed by atoms with E-state index in [0.717, 1.165) is 0 Å². The van der Waals surface area contributed by atoms with Crippen molar-refractivity contribution in [2.45, 2.75) is 5.54 Å². The lowest BCUT2D eigenvalue weighted by Gasteiger charge is -2.27. The van der Waals surface area contributed by atoms with Crippen LogP contribution in [0.5, 0.6) is 5.75 Å². The molecule has 0 aliphatic carbocycles. The monoisotopic (exact) mass is 444 g/mol. The van der Waals surface area contributed by atoms with Crippen LogP contribution in [0.2, 0.25) is 0 Å². The minimum atomic E-state index is -1.49. The first kappa shape index (κ1) is 21.6. The number of carbonyl (C=O) groups excluding carboxylic acids is 4. The maximum atomic E-state index is 13.6. The first-order chi connectivity index (χ1) is 15.9.